The molecule has 282 valence electrons. The fraction of sp³-hybridized carbons (Fsp3) is 0.333. The van der Waals surface area contributed by atoms with Crippen molar-refractivity contribution in [3.63, 3.8) is 0 Å². The molecule has 1 fully saturated rings. The summed E-state index contributed by atoms with van der Waals surface area (Å²) in [5.41, 5.74) is 13.0. The van der Waals surface area contributed by atoms with Crippen LogP contribution >= 0.6 is 11.8 Å². The second kappa shape index (κ2) is 19.4. The number of nitrogen functional groups attached to an aromatic ring is 1. The molecule has 0 saturated carbocycles. The number of aromatic nitrogens is 3. The van der Waals surface area contributed by atoms with Crippen molar-refractivity contribution in [2.75, 3.05) is 16.8 Å². The van der Waals surface area contributed by atoms with Crippen molar-refractivity contribution in [2.45, 2.75) is 81.8 Å². The lowest BCUT2D eigenvalue weighted by atomic mass is 9.99. The van der Waals surface area contributed by atoms with Crippen LogP contribution in [0.4, 0.5) is 11.4 Å². The molecule has 1 aliphatic rings. The molecule has 54 heavy (non-hydrogen) atoms. The van der Waals surface area contributed by atoms with Crippen molar-refractivity contribution < 1.29 is 24.2 Å². The van der Waals surface area contributed by atoms with E-state index in [0.29, 0.717) is 42.9 Å². The highest BCUT2D eigenvalue weighted by Gasteiger charge is 2.32. The SMILES string of the molecule is Cn1cnnc1SCC1CC(c2ccc(CO)cc2)OC(c2ccc(-c3cccc(CNC(=O)CCCCCCC(=O)Nc4ccccc4N)c3)cc2)O1. The van der Waals surface area contributed by atoms with Crippen molar-refractivity contribution in [1.82, 2.24) is 20.1 Å². The molecule has 3 atom stereocenters. The summed E-state index contributed by atoms with van der Waals surface area (Å²) in [6.45, 7) is 0.447. The maximum Gasteiger partial charge on any atom is 0.224 e. The first-order valence-electron chi connectivity index (χ1n) is 18.4. The second-order valence-electron chi connectivity index (χ2n) is 13.5. The summed E-state index contributed by atoms with van der Waals surface area (Å²) >= 11 is 1.61. The van der Waals surface area contributed by atoms with Gasteiger partial charge in [0.2, 0.25) is 11.8 Å². The molecule has 2 amide bonds. The Balaban J connectivity index is 0.976. The van der Waals surface area contributed by atoms with Crippen LogP contribution in [-0.4, -0.2) is 43.5 Å². The van der Waals surface area contributed by atoms with Crippen molar-refractivity contribution in [3.8, 4) is 11.1 Å². The zero-order chi connectivity index (χ0) is 37.7. The molecule has 4 aromatic carbocycles. The van der Waals surface area contributed by atoms with E-state index in [1.165, 1.54) is 0 Å². The Morgan fingerprint density at radius 1 is 0.852 bits per heavy atom. The van der Waals surface area contributed by atoms with Gasteiger partial charge >= 0.3 is 0 Å². The number of thioether (sulfide) groups is 1. The second-order valence-corrected chi connectivity index (χ2v) is 14.5. The topological polar surface area (TPSA) is 154 Å². The number of rotatable bonds is 17. The van der Waals surface area contributed by atoms with Gasteiger partial charge in [0.1, 0.15) is 6.33 Å². The number of carbonyl (C=O) groups is 2. The van der Waals surface area contributed by atoms with Crippen LogP contribution < -0.4 is 16.4 Å². The number of hydrogen-bond donors (Lipinski definition) is 4. The number of aliphatic hydroxyl groups is 1. The Morgan fingerprint density at radius 2 is 1.59 bits per heavy atom. The van der Waals surface area contributed by atoms with Crippen molar-refractivity contribution in [2.24, 2.45) is 7.05 Å². The number of amides is 2. The predicted octanol–water partition coefficient (Wildman–Crippen LogP) is 7.49. The summed E-state index contributed by atoms with van der Waals surface area (Å²) in [7, 11) is 1.93. The van der Waals surface area contributed by atoms with E-state index in [0.717, 1.165) is 64.2 Å². The third-order valence-electron chi connectivity index (χ3n) is 9.41. The average molecular weight is 749 g/mol. The smallest absolute Gasteiger partial charge is 0.224 e. The van der Waals surface area contributed by atoms with Gasteiger partial charge in [-0.25, -0.2) is 0 Å². The number of aryl methyl sites for hydroxylation is 1. The Kier molecular flexibility index (Phi) is 13.9. The van der Waals surface area contributed by atoms with Crippen LogP contribution in [-0.2, 0) is 39.3 Å². The first-order chi connectivity index (χ1) is 26.3. The highest BCUT2D eigenvalue weighted by molar-refractivity contribution is 7.99. The number of nitrogens with one attached hydrogen (secondary N) is 2. The summed E-state index contributed by atoms with van der Waals surface area (Å²) < 4.78 is 14.9. The summed E-state index contributed by atoms with van der Waals surface area (Å²) in [6, 6.07) is 31.5. The van der Waals surface area contributed by atoms with E-state index in [2.05, 4.69) is 45.1 Å². The minimum Gasteiger partial charge on any atom is -0.397 e. The van der Waals surface area contributed by atoms with E-state index in [1.807, 2.05) is 72.3 Å². The number of aliphatic hydroxyl groups excluding tert-OH is 1. The van der Waals surface area contributed by atoms with Gasteiger partial charge in [0.15, 0.2) is 11.4 Å². The maximum atomic E-state index is 12.6. The first kappa shape index (κ1) is 38.7. The number of carbonyl (C=O) groups excluding carboxylic acids is 2. The standard InChI is InChI=1S/C42H48N6O5S/c1-48-28-45-47-42(48)54-27-35-24-38(32-17-15-29(26-49)16-18-32)53-41(52-35)33-21-19-31(20-22-33)34-10-8-9-30(23-34)25-44-39(50)13-4-2-3-5-14-40(51)46-37-12-7-6-11-36(37)43/h6-12,15-23,28,35,38,41,49H,2-5,13-14,24-27,43H2,1H3,(H,44,50)(H,46,51). The zero-order valence-electron chi connectivity index (χ0n) is 30.5. The fourth-order valence-electron chi connectivity index (χ4n) is 6.32. The monoisotopic (exact) mass is 748 g/mol. The van der Waals surface area contributed by atoms with Gasteiger partial charge < -0.3 is 35.5 Å². The molecule has 0 radical (unpaired) electrons. The van der Waals surface area contributed by atoms with Crippen LogP contribution in [0.25, 0.3) is 11.1 Å². The highest BCUT2D eigenvalue weighted by atomic mass is 32.2. The molecule has 1 aromatic heterocycles. The molecule has 6 rings (SSSR count). The van der Waals surface area contributed by atoms with E-state index < -0.39 is 6.29 Å². The number of benzene rings is 4. The number of nitrogens with zero attached hydrogens (tertiary/aromatic N) is 3. The molecule has 2 heterocycles. The van der Waals surface area contributed by atoms with Gasteiger partial charge in [-0.1, -0.05) is 103 Å². The maximum absolute atomic E-state index is 12.6. The molecule has 1 aliphatic heterocycles. The van der Waals surface area contributed by atoms with Gasteiger partial charge in [0.05, 0.1) is 30.2 Å². The molecule has 5 N–H and O–H groups in total. The molecule has 0 spiro atoms. The number of ether oxygens (including phenoxy) is 2. The average Bonchev–Trinajstić information content (AvgIpc) is 3.62. The zero-order valence-corrected chi connectivity index (χ0v) is 31.3. The summed E-state index contributed by atoms with van der Waals surface area (Å²) in [5, 5.41) is 24.5. The van der Waals surface area contributed by atoms with Crippen LogP contribution in [0.15, 0.2) is 109 Å². The molecule has 1 saturated heterocycles. The Hall–Kier alpha value is -5.01. The van der Waals surface area contributed by atoms with Gasteiger partial charge in [0.25, 0.3) is 0 Å². The lowest BCUT2D eigenvalue weighted by molar-refractivity contribution is -0.245. The van der Waals surface area contributed by atoms with E-state index in [4.69, 9.17) is 15.2 Å². The van der Waals surface area contributed by atoms with Gasteiger partial charge in [-0.05, 0) is 58.9 Å². The largest absolute Gasteiger partial charge is 0.397 e. The Morgan fingerprint density at radius 3 is 2.31 bits per heavy atom. The Labute approximate surface area is 320 Å². The summed E-state index contributed by atoms with van der Waals surface area (Å²) in [5.74, 6) is 0.669. The van der Waals surface area contributed by atoms with E-state index >= 15 is 0 Å². The molecule has 11 nitrogen and oxygen atoms in total. The lowest BCUT2D eigenvalue weighted by Gasteiger charge is -2.36. The number of anilines is 2. The molecule has 0 aliphatic carbocycles. The third kappa shape index (κ3) is 11.0. The minimum atomic E-state index is -0.555. The van der Waals surface area contributed by atoms with Gasteiger partial charge in [0, 0.05) is 44.2 Å². The number of nitrogens with two attached hydrogens (primary N) is 1. The first-order valence-corrected chi connectivity index (χ1v) is 19.4. The predicted molar refractivity (Wildman–Crippen MR) is 211 cm³/mol. The number of para-hydroxylation sites is 2. The molecular formula is C42H48N6O5S. The summed E-state index contributed by atoms with van der Waals surface area (Å²) in [6.07, 6.45) is 5.75. The normalized spacial score (nSPS) is 16.9. The third-order valence-corrected chi connectivity index (χ3v) is 10.6. The molecule has 12 heteroatoms. The van der Waals surface area contributed by atoms with Crippen LogP contribution in [0.5, 0.6) is 0 Å². The van der Waals surface area contributed by atoms with Crippen LogP contribution in [0.1, 0.15) is 79.6 Å². The molecule has 0 bridgehead atoms. The van der Waals surface area contributed by atoms with Gasteiger partial charge in [-0.15, -0.1) is 10.2 Å². The number of unbranched alkanes of at least 4 members (excludes halogenated alkanes) is 3. The molecular weight excluding hydrogens is 701 g/mol. The molecule has 5 aromatic rings. The van der Waals surface area contributed by atoms with E-state index in [1.54, 1.807) is 30.2 Å². The van der Waals surface area contributed by atoms with Crippen molar-refractivity contribution in [3.05, 3.63) is 126 Å². The van der Waals surface area contributed by atoms with Crippen molar-refractivity contribution >= 4 is 35.0 Å². The minimum absolute atomic E-state index is 0.00338. The quantitative estimate of drug-likeness (QED) is 0.0430. The van der Waals surface area contributed by atoms with Crippen LogP contribution in [0.3, 0.4) is 0 Å². The van der Waals surface area contributed by atoms with Gasteiger partial charge in [-0.3, -0.25) is 9.59 Å². The van der Waals surface area contributed by atoms with Crippen LogP contribution in [0.2, 0.25) is 0 Å². The molecule has 3 unspecified atom stereocenters. The van der Waals surface area contributed by atoms with E-state index in [-0.39, 0.29) is 30.6 Å². The number of hydrogen-bond acceptors (Lipinski definition) is 9. The van der Waals surface area contributed by atoms with Crippen LogP contribution in [0, 0.1) is 0 Å². The summed E-state index contributed by atoms with van der Waals surface area (Å²) in [4.78, 5) is 24.8. The van der Waals surface area contributed by atoms with Crippen molar-refractivity contribution in [1.29, 1.82) is 0 Å². The Bertz CT molecular complexity index is 1970. The fourth-order valence-corrected chi connectivity index (χ4v) is 7.23. The van der Waals surface area contributed by atoms with Gasteiger partial charge in [-0.2, -0.15) is 0 Å². The highest BCUT2D eigenvalue weighted by Crippen LogP contribution is 2.39. The van der Waals surface area contributed by atoms with E-state index in [9.17, 15) is 14.7 Å². The lowest BCUT2D eigenvalue weighted by Crippen LogP contribution is -2.31.